The molecular formula is C24H29NO6. The van der Waals surface area contributed by atoms with Crippen LogP contribution in [0.5, 0.6) is 5.75 Å². The highest BCUT2D eigenvalue weighted by Gasteiger charge is 2.27. The highest BCUT2D eigenvalue weighted by molar-refractivity contribution is 5.88. The number of aliphatic carboxylic acids is 2. The van der Waals surface area contributed by atoms with Crippen molar-refractivity contribution in [3.05, 3.63) is 65.2 Å². The van der Waals surface area contributed by atoms with Crippen LogP contribution < -0.4 is 5.32 Å². The van der Waals surface area contributed by atoms with Crippen molar-refractivity contribution < 1.29 is 29.7 Å². The molecule has 0 aliphatic heterocycles. The van der Waals surface area contributed by atoms with Gasteiger partial charge < -0.3 is 20.6 Å². The summed E-state index contributed by atoms with van der Waals surface area (Å²) in [5, 5.41) is 30.6. The molecule has 31 heavy (non-hydrogen) atoms. The minimum atomic E-state index is -1.13. The van der Waals surface area contributed by atoms with Crippen LogP contribution in [-0.4, -0.2) is 39.2 Å². The molecule has 2 rings (SSSR count). The summed E-state index contributed by atoms with van der Waals surface area (Å²) in [5.74, 6) is -2.58. The summed E-state index contributed by atoms with van der Waals surface area (Å²) in [6.45, 7) is 3.97. The molecule has 0 heterocycles. The van der Waals surface area contributed by atoms with Crippen LogP contribution in [0.25, 0.3) is 0 Å². The molecule has 2 aromatic rings. The van der Waals surface area contributed by atoms with Crippen LogP contribution >= 0.6 is 0 Å². The minimum absolute atomic E-state index is 0.0294. The highest BCUT2D eigenvalue weighted by atomic mass is 16.4. The number of hydrogen-bond acceptors (Lipinski definition) is 4. The van der Waals surface area contributed by atoms with Crippen molar-refractivity contribution in [1.82, 2.24) is 5.32 Å². The molecule has 0 spiro atoms. The number of carboxylic acid groups (broad SMARTS) is 2. The molecular weight excluding hydrogens is 398 g/mol. The molecule has 0 radical (unpaired) electrons. The largest absolute Gasteiger partial charge is 0.508 e. The summed E-state index contributed by atoms with van der Waals surface area (Å²) in [6, 6.07) is 12.3. The van der Waals surface area contributed by atoms with Crippen molar-refractivity contribution in [2.24, 2.45) is 5.92 Å². The molecule has 2 atom stereocenters. The maximum absolute atomic E-state index is 13.0. The fourth-order valence-corrected chi connectivity index (χ4v) is 3.37. The van der Waals surface area contributed by atoms with Gasteiger partial charge in [-0.3, -0.25) is 9.59 Å². The van der Waals surface area contributed by atoms with Gasteiger partial charge in [-0.15, -0.1) is 0 Å². The lowest BCUT2D eigenvalue weighted by atomic mass is 9.89. The number of benzene rings is 2. The van der Waals surface area contributed by atoms with E-state index in [1.54, 1.807) is 36.4 Å². The monoisotopic (exact) mass is 427 g/mol. The number of amides is 1. The van der Waals surface area contributed by atoms with Crippen molar-refractivity contribution >= 4 is 17.8 Å². The summed E-state index contributed by atoms with van der Waals surface area (Å²) in [4.78, 5) is 35.5. The molecule has 0 aliphatic carbocycles. The molecule has 1 amide bonds. The first-order chi connectivity index (χ1) is 14.7. The van der Waals surface area contributed by atoms with Crippen molar-refractivity contribution in [2.75, 3.05) is 0 Å². The second-order valence-electron chi connectivity index (χ2n) is 8.09. The Kier molecular flexibility index (Phi) is 8.61. The lowest BCUT2D eigenvalue weighted by Gasteiger charge is -2.22. The van der Waals surface area contributed by atoms with Gasteiger partial charge in [-0.25, -0.2) is 4.79 Å². The van der Waals surface area contributed by atoms with E-state index < -0.39 is 23.9 Å². The van der Waals surface area contributed by atoms with E-state index in [-0.39, 0.29) is 30.4 Å². The number of nitrogens with one attached hydrogen (secondary N) is 1. The molecule has 2 unspecified atom stereocenters. The molecule has 166 valence electrons. The molecule has 0 aliphatic rings. The van der Waals surface area contributed by atoms with E-state index in [0.29, 0.717) is 12.8 Å². The van der Waals surface area contributed by atoms with Crippen molar-refractivity contribution in [3.8, 4) is 5.75 Å². The van der Waals surface area contributed by atoms with Crippen LogP contribution in [0.3, 0.4) is 0 Å². The summed E-state index contributed by atoms with van der Waals surface area (Å²) in [6.07, 6.45) is 1.09. The predicted octanol–water partition coefficient (Wildman–Crippen LogP) is 3.35. The van der Waals surface area contributed by atoms with Gasteiger partial charge in [0.25, 0.3) is 0 Å². The van der Waals surface area contributed by atoms with Gasteiger partial charge in [0, 0.05) is 12.8 Å². The first kappa shape index (κ1) is 23.9. The summed E-state index contributed by atoms with van der Waals surface area (Å²) in [7, 11) is 0. The van der Waals surface area contributed by atoms with Gasteiger partial charge in [0.15, 0.2) is 0 Å². The van der Waals surface area contributed by atoms with Gasteiger partial charge in [-0.2, -0.15) is 0 Å². The number of carbonyl (C=O) groups is 3. The number of aromatic hydroxyl groups is 1. The zero-order valence-corrected chi connectivity index (χ0v) is 17.7. The van der Waals surface area contributed by atoms with Gasteiger partial charge in [-0.1, -0.05) is 50.2 Å². The Morgan fingerprint density at radius 2 is 1.48 bits per heavy atom. The zero-order chi connectivity index (χ0) is 23.0. The molecule has 7 nitrogen and oxygen atoms in total. The maximum Gasteiger partial charge on any atom is 0.326 e. The van der Waals surface area contributed by atoms with Gasteiger partial charge in [0.1, 0.15) is 11.8 Å². The van der Waals surface area contributed by atoms with Crippen molar-refractivity contribution in [3.63, 3.8) is 0 Å². The third-order valence-electron chi connectivity index (χ3n) is 5.02. The van der Waals surface area contributed by atoms with Gasteiger partial charge in [-0.05, 0) is 47.6 Å². The molecule has 0 fully saturated rings. The number of carbonyl (C=O) groups excluding carboxylic acids is 1. The summed E-state index contributed by atoms with van der Waals surface area (Å²) in [5.41, 5.74) is 2.30. The Morgan fingerprint density at radius 1 is 0.903 bits per heavy atom. The third kappa shape index (κ3) is 7.77. The third-order valence-corrected chi connectivity index (χ3v) is 5.02. The average molecular weight is 427 g/mol. The SMILES string of the molecule is CC(C)CC(C(=O)NC(Cc1ccc(CCC(=O)O)cc1)C(=O)O)c1ccc(O)cc1. The number of hydrogen-bond donors (Lipinski definition) is 4. The second kappa shape index (κ2) is 11.2. The minimum Gasteiger partial charge on any atom is -0.508 e. The Bertz CT molecular complexity index is 889. The normalized spacial score (nSPS) is 12.9. The van der Waals surface area contributed by atoms with E-state index in [1.807, 2.05) is 13.8 Å². The molecule has 0 aromatic heterocycles. The van der Waals surface area contributed by atoms with E-state index >= 15 is 0 Å². The number of phenolic OH excluding ortho intramolecular Hbond substituents is 1. The van der Waals surface area contributed by atoms with Crippen LogP contribution in [0.2, 0.25) is 0 Å². The number of aryl methyl sites for hydroxylation is 1. The smallest absolute Gasteiger partial charge is 0.326 e. The Hall–Kier alpha value is -3.35. The Balaban J connectivity index is 2.11. The van der Waals surface area contributed by atoms with E-state index in [1.165, 1.54) is 12.1 Å². The number of carboxylic acids is 2. The molecule has 7 heteroatoms. The lowest BCUT2D eigenvalue weighted by molar-refractivity contribution is -0.142. The molecule has 0 bridgehead atoms. The van der Waals surface area contributed by atoms with Crippen LogP contribution in [0, 0.1) is 5.92 Å². The quantitative estimate of drug-likeness (QED) is 0.436. The van der Waals surface area contributed by atoms with Crippen molar-refractivity contribution in [2.45, 2.75) is 51.5 Å². The van der Waals surface area contributed by atoms with Gasteiger partial charge >= 0.3 is 11.9 Å². The fourth-order valence-electron chi connectivity index (χ4n) is 3.37. The number of rotatable bonds is 11. The van der Waals surface area contributed by atoms with Crippen LogP contribution in [0.1, 0.15) is 49.3 Å². The maximum atomic E-state index is 13.0. The topological polar surface area (TPSA) is 124 Å². The van der Waals surface area contributed by atoms with Crippen LogP contribution in [0.15, 0.2) is 48.5 Å². The van der Waals surface area contributed by atoms with E-state index in [4.69, 9.17) is 5.11 Å². The van der Waals surface area contributed by atoms with Crippen LogP contribution in [0.4, 0.5) is 0 Å². The molecule has 2 aromatic carbocycles. The summed E-state index contributed by atoms with van der Waals surface area (Å²) >= 11 is 0. The fraction of sp³-hybridized carbons (Fsp3) is 0.375. The molecule has 0 saturated heterocycles. The number of phenols is 1. The zero-order valence-electron chi connectivity index (χ0n) is 17.7. The highest BCUT2D eigenvalue weighted by Crippen LogP contribution is 2.26. The summed E-state index contributed by atoms with van der Waals surface area (Å²) < 4.78 is 0. The lowest BCUT2D eigenvalue weighted by Crippen LogP contribution is -2.44. The average Bonchev–Trinajstić information content (AvgIpc) is 2.71. The van der Waals surface area contributed by atoms with Gasteiger partial charge in [0.05, 0.1) is 5.92 Å². The van der Waals surface area contributed by atoms with E-state index in [0.717, 1.165) is 16.7 Å². The first-order valence-electron chi connectivity index (χ1n) is 10.3. The Labute approximate surface area is 181 Å². The molecule has 4 N–H and O–H groups in total. The second-order valence-corrected chi connectivity index (χ2v) is 8.09. The van der Waals surface area contributed by atoms with Crippen molar-refractivity contribution in [1.29, 1.82) is 0 Å². The van der Waals surface area contributed by atoms with E-state index in [2.05, 4.69) is 5.32 Å². The van der Waals surface area contributed by atoms with Gasteiger partial charge in [0.2, 0.25) is 5.91 Å². The first-order valence-corrected chi connectivity index (χ1v) is 10.3. The van der Waals surface area contributed by atoms with Crippen LogP contribution in [-0.2, 0) is 27.2 Å². The van der Waals surface area contributed by atoms with E-state index in [9.17, 15) is 24.6 Å². The standard InChI is InChI=1S/C24H29NO6/c1-15(2)13-20(18-8-10-19(26)11-9-18)23(29)25-21(24(30)31)14-17-5-3-16(4-6-17)7-12-22(27)28/h3-6,8-11,15,20-21,26H,7,12-14H2,1-2H3,(H,25,29)(H,27,28)(H,30,31). The Morgan fingerprint density at radius 3 is 2.00 bits per heavy atom. The molecule has 0 saturated carbocycles. The predicted molar refractivity (Wildman–Crippen MR) is 116 cm³/mol.